The minimum Gasteiger partial charge on any atom is -0.494 e. The molecule has 1 heterocycles. The van der Waals surface area contributed by atoms with Gasteiger partial charge >= 0.3 is 0 Å². The Morgan fingerprint density at radius 3 is 2.26 bits per heavy atom. The molecule has 0 amide bonds. The number of hydrogen-bond donors (Lipinski definition) is 1. The molecule has 0 bridgehead atoms. The van der Waals surface area contributed by atoms with Crippen molar-refractivity contribution in [1.29, 1.82) is 0 Å². The Hall–Kier alpha value is -1.79. The lowest BCUT2D eigenvalue weighted by Crippen LogP contribution is -2.06. The van der Waals surface area contributed by atoms with Crippen LogP contribution in [0.3, 0.4) is 0 Å². The number of hydrogen-bond acceptors (Lipinski definition) is 6. The average molecular weight is 282 g/mol. The van der Waals surface area contributed by atoms with Crippen LogP contribution >= 0.6 is 12.4 Å². The minimum absolute atomic E-state index is 0. The topological polar surface area (TPSA) is 86.8 Å². The Morgan fingerprint density at radius 1 is 1.05 bits per heavy atom. The number of aryl methyl sites for hydroxylation is 1. The third kappa shape index (κ3) is 4.42. The summed E-state index contributed by atoms with van der Waals surface area (Å²) in [6, 6.07) is 7.50. The molecule has 2 aromatic rings. The maximum atomic E-state index is 5.50. The molecule has 0 unspecified atom stereocenters. The summed E-state index contributed by atoms with van der Waals surface area (Å²) in [6.07, 6.45) is 0.844. The first-order valence-corrected chi connectivity index (χ1v) is 5.77. The van der Waals surface area contributed by atoms with Crippen molar-refractivity contribution < 1.29 is 4.74 Å². The van der Waals surface area contributed by atoms with E-state index in [1.807, 2.05) is 24.3 Å². The summed E-state index contributed by atoms with van der Waals surface area (Å²) in [5.74, 6) is 1.87. The van der Waals surface area contributed by atoms with Gasteiger partial charge in [-0.15, -0.1) is 32.8 Å². The van der Waals surface area contributed by atoms with Gasteiger partial charge in [-0.1, -0.05) is 0 Å². The highest BCUT2D eigenvalue weighted by Crippen LogP contribution is 2.18. The normalized spacial score (nSPS) is 9.79. The third-order valence-electron chi connectivity index (χ3n) is 2.31. The van der Waals surface area contributed by atoms with E-state index in [1.54, 1.807) is 6.92 Å². The Balaban J connectivity index is 0.00000180. The van der Waals surface area contributed by atoms with Crippen LogP contribution in [0.1, 0.15) is 12.2 Å². The molecule has 2 rings (SSSR count). The molecule has 6 nitrogen and oxygen atoms in total. The number of benzene rings is 1. The molecular formula is C12H16ClN5O. The van der Waals surface area contributed by atoms with Gasteiger partial charge in [0.25, 0.3) is 0 Å². The Morgan fingerprint density at radius 2 is 1.68 bits per heavy atom. The first-order chi connectivity index (χ1) is 8.79. The summed E-state index contributed by atoms with van der Waals surface area (Å²) in [6.45, 7) is 3.00. The quantitative estimate of drug-likeness (QED) is 0.834. The highest BCUT2D eigenvalue weighted by molar-refractivity contribution is 5.85. The zero-order valence-corrected chi connectivity index (χ0v) is 11.4. The lowest BCUT2D eigenvalue weighted by atomic mass is 10.2. The second-order valence-electron chi connectivity index (χ2n) is 3.79. The summed E-state index contributed by atoms with van der Waals surface area (Å²) in [4.78, 5) is 0. The number of halogens is 1. The zero-order chi connectivity index (χ0) is 12.8. The van der Waals surface area contributed by atoms with Crippen molar-refractivity contribution in [3.05, 3.63) is 30.1 Å². The lowest BCUT2D eigenvalue weighted by molar-refractivity contribution is 0.313. The SMILES string of the molecule is Cc1nnc(-c2ccc(OCCCN)cc2)nn1.Cl. The molecule has 0 fully saturated rings. The van der Waals surface area contributed by atoms with Crippen LogP contribution in [0.2, 0.25) is 0 Å². The average Bonchev–Trinajstić information content (AvgIpc) is 2.41. The van der Waals surface area contributed by atoms with Crippen LogP contribution in [0, 0.1) is 6.92 Å². The van der Waals surface area contributed by atoms with Crippen molar-refractivity contribution in [1.82, 2.24) is 20.4 Å². The summed E-state index contributed by atoms with van der Waals surface area (Å²) in [5.41, 5.74) is 6.26. The Labute approximate surface area is 117 Å². The van der Waals surface area contributed by atoms with Crippen molar-refractivity contribution in [2.24, 2.45) is 5.73 Å². The van der Waals surface area contributed by atoms with Gasteiger partial charge < -0.3 is 10.5 Å². The molecule has 0 aliphatic rings. The summed E-state index contributed by atoms with van der Waals surface area (Å²) < 4.78 is 5.50. The number of aromatic nitrogens is 4. The van der Waals surface area contributed by atoms with Gasteiger partial charge in [-0.05, 0) is 44.2 Å². The van der Waals surface area contributed by atoms with Gasteiger partial charge in [-0.2, -0.15) is 0 Å². The number of ether oxygens (including phenoxy) is 1. The monoisotopic (exact) mass is 281 g/mol. The van der Waals surface area contributed by atoms with Crippen molar-refractivity contribution >= 4 is 12.4 Å². The number of nitrogens with zero attached hydrogens (tertiary/aromatic N) is 4. The fourth-order valence-corrected chi connectivity index (χ4v) is 1.37. The summed E-state index contributed by atoms with van der Waals surface area (Å²) in [7, 11) is 0. The van der Waals surface area contributed by atoms with Crippen molar-refractivity contribution in [3.8, 4) is 17.1 Å². The molecule has 0 saturated heterocycles. The highest BCUT2D eigenvalue weighted by atomic mass is 35.5. The van der Waals surface area contributed by atoms with E-state index in [4.69, 9.17) is 10.5 Å². The van der Waals surface area contributed by atoms with Crippen LogP contribution in [-0.4, -0.2) is 33.5 Å². The first-order valence-electron chi connectivity index (χ1n) is 5.77. The molecule has 2 N–H and O–H groups in total. The predicted molar refractivity (Wildman–Crippen MR) is 74.2 cm³/mol. The summed E-state index contributed by atoms with van der Waals surface area (Å²) >= 11 is 0. The van der Waals surface area contributed by atoms with Crippen LogP contribution in [0.15, 0.2) is 24.3 Å². The van der Waals surface area contributed by atoms with Gasteiger partial charge in [0.1, 0.15) is 5.75 Å². The van der Waals surface area contributed by atoms with Gasteiger partial charge in [-0.25, -0.2) is 0 Å². The van der Waals surface area contributed by atoms with Crippen LogP contribution in [0.5, 0.6) is 5.75 Å². The molecular weight excluding hydrogens is 266 g/mol. The third-order valence-corrected chi connectivity index (χ3v) is 2.31. The second-order valence-corrected chi connectivity index (χ2v) is 3.79. The molecule has 1 aromatic carbocycles. The largest absolute Gasteiger partial charge is 0.494 e. The minimum atomic E-state index is 0. The second kappa shape index (κ2) is 7.60. The van der Waals surface area contributed by atoms with E-state index in [9.17, 15) is 0 Å². The van der Waals surface area contributed by atoms with Crippen LogP contribution in [0.4, 0.5) is 0 Å². The maximum absolute atomic E-state index is 5.50. The highest BCUT2D eigenvalue weighted by Gasteiger charge is 2.03. The van der Waals surface area contributed by atoms with Crippen LogP contribution < -0.4 is 10.5 Å². The van der Waals surface area contributed by atoms with Crippen molar-refractivity contribution in [2.45, 2.75) is 13.3 Å². The van der Waals surface area contributed by atoms with E-state index in [1.165, 1.54) is 0 Å². The van der Waals surface area contributed by atoms with E-state index in [2.05, 4.69) is 20.4 Å². The molecule has 0 radical (unpaired) electrons. The van der Waals surface area contributed by atoms with E-state index >= 15 is 0 Å². The first kappa shape index (κ1) is 15.3. The fourth-order valence-electron chi connectivity index (χ4n) is 1.37. The fraction of sp³-hybridized carbons (Fsp3) is 0.333. The molecule has 0 atom stereocenters. The van der Waals surface area contributed by atoms with Crippen molar-refractivity contribution in [2.75, 3.05) is 13.2 Å². The molecule has 19 heavy (non-hydrogen) atoms. The maximum Gasteiger partial charge on any atom is 0.203 e. The number of rotatable bonds is 5. The molecule has 7 heteroatoms. The standard InChI is InChI=1S/C12H15N5O.ClH/c1-9-14-16-12(17-15-9)10-3-5-11(6-4-10)18-8-2-7-13;/h3-6H,2,7-8,13H2,1H3;1H. The molecule has 0 aliphatic carbocycles. The van der Waals surface area contributed by atoms with E-state index < -0.39 is 0 Å². The van der Waals surface area contributed by atoms with Gasteiger partial charge in [0, 0.05) is 5.56 Å². The van der Waals surface area contributed by atoms with Gasteiger partial charge in [-0.3, -0.25) is 0 Å². The van der Waals surface area contributed by atoms with Gasteiger partial charge in [0.05, 0.1) is 6.61 Å². The zero-order valence-electron chi connectivity index (χ0n) is 10.6. The van der Waals surface area contributed by atoms with Crippen LogP contribution in [0.25, 0.3) is 11.4 Å². The lowest BCUT2D eigenvalue weighted by Gasteiger charge is -2.05. The van der Waals surface area contributed by atoms with E-state index in [0.717, 1.165) is 17.7 Å². The van der Waals surface area contributed by atoms with E-state index in [-0.39, 0.29) is 12.4 Å². The molecule has 0 aliphatic heterocycles. The van der Waals surface area contributed by atoms with E-state index in [0.29, 0.717) is 24.8 Å². The van der Waals surface area contributed by atoms with Gasteiger partial charge in [0.15, 0.2) is 5.82 Å². The molecule has 1 aromatic heterocycles. The molecule has 0 saturated carbocycles. The van der Waals surface area contributed by atoms with Crippen LogP contribution in [-0.2, 0) is 0 Å². The van der Waals surface area contributed by atoms with Gasteiger partial charge in [0.2, 0.25) is 5.82 Å². The smallest absolute Gasteiger partial charge is 0.203 e. The van der Waals surface area contributed by atoms with Crippen molar-refractivity contribution in [3.63, 3.8) is 0 Å². The molecule has 0 spiro atoms. The number of nitrogens with two attached hydrogens (primary N) is 1. The Kier molecular flexibility index (Phi) is 6.11. The molecule has 102 valence electrons. The summed E-state index contributed by atoms with van der Waals surface area (Å²) in [5, 5.41) is 15.7. The predicted octanol–water partition coefficient (Wildman–Crippen LogP) is 1.39. The Bertz CT molecular complexity index is 488.